The number of nitrogens with one attached hydrogen (secondary N) is 3. The minimum atomic E-state index is -1.93. The van der Waals surface area contributed by atoms with Crippen LogP contribution in [0.1, 0.15) is 27.7 Å². The molecule has 0 spiro atoms. The van der Waals surface area contributed by atoms with E-state index in [-0.39, 0.29) is 0 Å². The quantitative estimate of drug-likeness (QED) is 0.0683. The van der Waals surface area contributed by atoms with Crippen molar-refractivity contribution in [2.24, 2.45) is 0 Å². The monoisotopic (exact) mass is 949 g/mol. The van der Waals surface area contributed by atoms with E-state index in [9.17, 15) is 80.8 Å². The second-order valence-electron chi connectivity index (χ2n) is 16.5. The van der Waals surface area contributed by atoms with Crippen molar-refractivity contribution >= 4 is 17.7 Å². The van der Waals surface area contributed by atoms with Gasteiger partial charge in [-0.2, -0.15) is 0 Å². The Morgan fingerprint density at radius 1 is 0.415 bits per heavy atom. The molecule has 5 rings (SSSR count). The topological polar surface area (TPSA) is 433 Å². The van der Waals surface area contributed by atoms with Crippen LogP contribution >= 0.6 is 0 Å². The molecular weight excluding hydrogens is 886 g/mol. The van der Waals surface area contributed by atoms with Crippen LogP contribution in [0.3, 0.4) is 0 Å². The molecule has 28 heteroatoms. The maximum absolute atomic E-state index is 12.5. The van der Waals surface area contributed by atoms with Gasteiger partial charge < -0.3 is 125 Å². The average Bonchev–Trinajstić information content (AvgIpc) is 3.26. The molecule has 0 radical (unpaired) electrons. The van der Waals surface area contributed by atoms with Crippen molar-refractivity contribution in [2.45, 2.75) is 181 Å². The van der Waals surface area contributed by atoms with Gasteiger partial charge in [-0.05, 0) is 6.92 Å². The summed E-state index contributed by atoms with van der Waals surface area (Å²) in [5, 5.41) is 144. The molecule has 0 aliphatic carbocycles. The van der Waals surface area contributed by atoms with Crippen LogP contribution in [0.15, 0.2) is 0 Å². The number of aliphatic hydroxyl groups is 13. The lowest BCUT2D eigenvalue weighted by Gasteiger charge is -2.50. The van der Waals surface area contributed by atoms with Crippen LogP contribution in [-0.2, 0) is 57.0 Å². The SMILES string of the molecule is CC(=O)NC1[C@H](OCC2OC(C)C(NC(C)=O)[C@@H](O[C@@H]3OC(CO)[C@H](O[C@@H]4OC(CO)[C@H](O)[C@H](O)C4O)[C@H](O)C3NC(C)=O)[C@H]2O)OC(CO)[C@H](O[C@@H]2OC(CO)[C@H](O)[C@H](O)C2O)[C@@H]1O. The van der Waals surface area contributed by atoms with Gasteiger partial charge in [-0.1, -0.05) is 0 Å². The number of aliphatic hydroxyl groups excluding tert-OH is 13. The number of rotatable bonds is 16. The zero-order valence-corrected chi connectivity index (χ0v) is 35.7. The van der Waals surface area contributed by atoms with Crippen LogP contribution in [0, 0.1) is 0 Å². The van der Waals surface area contributed by atoms with Crippen LogP contribution in [0.5, 0.6) is 0 Å². The van der Waals surface area contributed by atoms with E-state index in [1.165, 1.54) is 6.92 Å². The fourth-order valence-corrected chi connectivity index (χ4v) is 8.39. The Hall–Kier alpha value is -2.47. The molecular formula is C37H63N3O25. The van der Waals surface area contributed by atoms with E-state index in [4.69, 9.17) is 42.6 Å². The molecule has 5 heterocycles. The van der Waals surface area contributed by atoms with Crippen molar-refractivity contribution in [3.8, 4) is 0 Å². The third kappa shape index (κ3) is 12.0. The van der Waals surface area contributed by atoms with Gasteiger partial charge >= 0.3 is 0 Å². The lowest BCUT2D eigenvalue weighted by Crippen LogP contribution is -2.70. The first-order valence-electron chi connectivity index (χ1n) is 20.9. The van der Waals surface area contributed by atoms with Crippen molar-refractivity contribution in [3.63, 3.8) is 0 Å². The lowest BCUT2D eigenvalue weighted by atomic mass is 9.92. The fourth-order valence-electron chi connectivity index (χ4n) is 8.39. The maximum Gasteiger partial charge on any atom is 0.217 e. The number of amides is 3. The van der Waals surface area contributed by atoms with Crippen molar-refractivity contribution < 1.29 is 123 Å². The van der Waals surface area contributed by atoms with Gasteiger partial charge in [-0.3, -0.25) is 14.4 Å². The average molecular weight is 950 g/mol. The maximum atomic E-state index is 12.5. The first kappa shape index (κ1) is 53.5. The first-order chi connectivity index (χ1) is 30.7. The van der Waals surface area contributed by atoms with Gasteiger partial charge in [0.2, 0.25) is 17.7 Å². The highest BCUT2D eigenvalue weighted by atomic mass is 16.8. The Morgan fingerprint density at radius 3 is 1.20 bits per heavy atom. The smallest absolute Gasteiger partial charge is 0.217 e. The van der Waals surface area contributed by atoms with Gasteiger partial charge in [-0.25, -0.2) is 0 Å². The van der Waals surface area contributed by atoms with E-state index >= 15 is 0 Å². The molecule has 16 N–H and O–H groups in total. The Kier molecular flexibility index (Phi) is 19.1. The Bertz CT molecular complexity index is 1550. The molecule has 11 unspecified atom stereocenters. The number of hydrogen-bond donors (Lipinski definition) is 16. The van der Waals surface area contributed by atoms with E-state index in [1.807, 2.05) is 0 Å². The molecule has 65 heavy (non-hydrogen) atoms. The molecule has 3 amide bonds. The van der Waals surface area contributed by atoms with Crippen LogP contribution in [0.25, 0.3) is 0 Å². The zero-order valence-electron chi connectivity index (χ0n) is 35.7. The number of carbonyl (C=O) groups excluding carboxylic acids is 3. The van der Waals surface area contributed by atoms with Crippen LogP contribution < -0.4 is 16.0 Å². The summed E-state index contributed by atoms with van der Waals surface area (Å²) in [6.45, 7) is 0.815. The summed E-state index contributed by atoms with van der Waals surface area (Å²) in [6.07, 6.45) is -36.6. The second-order valence-corrected chi connectivity index (χ2v) is 16.5. The Morgan fingerprint density at radius 2 is 0.785 bits per heavy atom. The van der Waals surface area contributed by atoms with Gasteiger partial charge in [0.15, 0.2) is 25.2 Å². The van der Waals surface area contributed by atoms with Gasteiger partial charge in [0.25, 0.3) is 0 Å². The summed E-state index contributed by atoms with van der Waals surface area (Å²) in [4.78, 5) is 37.2. The van der Waals surface area contributed by atoms with Crippen molar-refractivity contribution in [2.75, 3.05) is 33.0 Å². The molecule has 0 aromatic heterocycles. The summed E-state index contributed by atoms with van der Waals surface area (Å²) in [7, 11) is 0. The number of ether oxygens (including phenoxy) is 9. The predicted molar refractivity (Wildman–Crippen MR) is 205 cm³/mol. The van der Waals surface area contributed by atoms with Gasteiger partial charge in [-0.15, -0.1) is 0 Å². The summed E-state index contributed by atoms with van der Waals surface area (Å²) in [5.41, 5.74) is 0. The highest BCUT2D eigenvalue weighted by Gasteiger charge is 2.56. The molecule has 0 bridgehead atoms. The number of carbonyl (C=O) groups is 3. The van der Waals surface area contributed by atoms with Gasteiger partial charge in [0, 0.05) is 20.8 Å². The van der Waals surface area contributed by atoms with E-state index < -0.39 is 204 Å². The molecule has 0 saturated carbocycles. The van der Waals surface area contributed by atoms with Gasteiger partial charge in [0.1, 0.15) is 116 Å². The number of hydrogen-bond acceptors (Lipinski definition) is 25. The minimum Gasteiger partial charge on any atom is -0.394 e. The third-order valence-corrected chi connectivity index (χ3v) is 11.8. The Balaban J connectivity index is 1.35. The molecule has 0 aromatic carbocycles. The normalized spacial score (nSPS) is 47.1. The van der Waals surface area contributed by atoms with Crippen molar-refractivity contribution in [1.29, 1.82) is 0 Å². The molecule has 0 aromatic rings. The van der Waals surface area contributed by atoms with E-state index in [2.05, 4.69) is 16.0 Å². The summed E-state index contributed by atoms with van der Waals surface area (Å²) in [6, 6.07) is -4.29. The fraction of sp³-hybridized carbons (Fsp3) is 0.919. The third-order valence-electron chi connectivity index (χ3n) is 11.8. The standard InChI is InChI=1S/C37H63N3O25/c1-10-19(38-11(2)45)33(65-35-21(40-13(4)47)26(52)32(17(8-44)62-35)64-37-30(56)28(54)23(49)15(6-42)60-37)24(50)18(58-10)9-57-34-20(39-12(3)46)25(51)31(16(7-43)61-34)63-36-29(55)27(53)22(48)14(5-41)59-36/h10,14-37,41-44,48-56H,5-9H2,1-4H3,(H,38,45)(H,39,46)(H,40,47)/t10?,14?,15?,16?,17?,18?,19?,20?,21?,22-,23-,24-,25+,26+,27-,28-,29?,30?,31-,32-,33+,34+,35-,36-,37-/m0/s1. The van der Waals surface area contributed by atoms with Crippen molar-refractivity contribution in [1.82, 2.24) is 16.0 Å². The second kappa shape index (κ2) is 23.2. The predicted octanol–water partition coefficient (Wildman–Crippen LogP) is -10.4. The lowest BCUT2D eigenvalue weighted by molar-refractivity contribution is -0.358. The largest absolute Gasteiger partial charge is 0.394 e. The molecule has 5 fully saturated rings. The summed E-state index contributed by atoms with van der Waals surface area (Å²) in [5.74, 6) is -2.06. The van der Waals surface area contributed by atoms with E-state index in [0.717, 1.165) is 20.8 Å². The zero-order chi connectivity index (χ0) is 48.2. The van der Waals surface area contributed by atoms with Crippen LogP contribution in [-0.4, -0.2) is 270 Å². The summed E-state index contributed by atoms with van der Waals surface area (Å²) < 4.78 is 52.3. The molecule has 25 atom stereocenters. The van der Waals surface area contributed by atoms with Crippen molar-refractivity contribution in [3.05, 3.63) is 0 Å². The molecule has 5 aliphatic rings. The highest BCUT2D eigenvalue weighted by molar-refractivity contribution is 5.74. The van der Waals surface area contributed by atoms with Crippen LogP contribution in [0.4, 0.5) is 0 Å². The molecule has 28 nitrogen and oxygen atoms in total. The molecule has 376 valence electrons. The summed E-state index contributed by atoms with van der Waals surface area (Å²) >= 11 is 0. The minimum absolute atomic E-state index is 0.608. The Labute approximate surface area is 370 Å². The van der Waals surface area contributed by atoms with E-state index in [1.54, 1.807) is 0 Å². The van der Waals surface area contributed by atoms with Gasteiger partial charge in [0.05, 0.1) is 45.2 Å². The van der Waals surface area contributed by atoms with Crippen LogP contribution in [0.2, 0.25) is 0 Å². The van der Waals surface area contributed by atoms with E-state index in [0.29, 0.717) is 0 Å². The molecule has 5 aliphatic heterocycles. The first-order valence-corrected chi connectivity index (χ1v) is 20.9. The highest BCUT2D eigenvalue weighted by Crippen LogP contribution is 2.34. The molecule has 5 saturated heterocycles.